The molecule has 7 heteroatoms. The second-order valence-corrected chi connectivity index (χ2v) is 3.57. The molecule has 1 aliphatic rings. The van der Waals surface area contributed by atoms with Gasteiger partial charge in [0.1, 0.15) is 5.82 Å². The fourth-order valence-electron chi connectivity index (χ4n) is 1.71. The first-order valence-corrected chi connectivity index (χ1v) is 5.05. The number of pyridine rings is 1. The van der Waals surface area contributed by atoms with Crippen LogP contribution in [0.1, 0.15) is 0 Å². The van der Waals surface area contributed by atoms with Gasteiger partial charge in [-0.1, -0.05) is 0 Å². The van der Waals surface area contributed by atoms with Gasteiger partial charge < -0.3 is 16.0 Å². The smallest absolute Gasteiger partial charge is 0.311 e. The number of nitrogen functional groups attached to an aromatic ring is 1. The molecule has 3 N–H and O–H groups in total. The monoisotopic (exact) mass is 223 g/mol. The summed E-state index contributed by atoms with van der Waals surface area (Å²) in [6.45, 7) is 3.01. The Morgan fingerprint density at radius 2 is 2.12 bits per heavy atom. The molecule has 0 aliphatic carbocycles. The van der Waals surface area contributed by atoms with Gasteiger partial charge in [0.15, 0.2) is 0 Å². The van der Waals surface area contributed by atoms with Gasteiger partial charge in [-0.2, -0.15) is 0 Å². The van der Waals surface area contributed by atoms with Crippen LogP contribution in [0.15, 0.2) is 12.1 Å². The van der Waals surface area contributed by atoms with E-state index >= 15 is 0 Å². The minimum atomic E-state index is -0.427. The second kappa shape index (κ2) is 4.31. The highest BCUT2D eigenvalue weighted by atomic mass is 16.6. The van der Waals surface area contributed by atoms with Crippen LogP contribution < -0.4 is 16.0 Å². The average molecular weight is 223 g/mol. The van der Waals surface area contributed by atoms with Crippen LogP contribution in [-0.2, 0) is 0 Å². The van der Waals surface area contributed by atoms with Crippen molar-refractivity contribution in [3.05, 3.63) is 22.2 Å². The Balaban J connectivity index is 2.36. The Bertz CT molecular complexity index is 403. The normalized spacial score (nSPS) is 16.1. The fraction of sp³-hybridized carbons (Fsp3) is 0.444. The molecule has 2 rings (SSSR count). The van der Waals surface area contributed by atoms with Gasteiger partial charge in [-0.15, -0.1) is 0 Å². The van der Waals surface area contributed by atoms with Crippen molar-refractivity contribution in [3.63, 3.8) is 0 Å². The van der Waals surface area contributed by atoms with Crippen LogP contribution in [0.2, 0.25) is 0 Å². The molecular formula is C9H13N5O2. The van der Waals surface area contributed by atoms with Crippen molar-refractivity contribution in [1.82, 2.24) is 10.3 Å². The Kier molecular flexibility index (Phi) is 2.86. The maximum absolute atomic E-state index is 10.9. The molecule has 0 unspecified atom stereocenters. The summed E-state index contributed by atoms with van der Waals surface area (Å²) in [6, 6.07) is 2.85. The lowest BCUT2D eigenvalue weighted by atomic mass is 10.3. The number of nitrogens with zero attached hydrogens (tertiary/aromatic N) is 3. The van der Waals surface area contributed by atoms with Gasteiger partial charge in [0.05, 0.1) is 4.92 Å². The summed E-state index contributed by atoms with van der Waals surface area (Å²) in [6.07, 6.45) is 0. The minimum Gasteiger partial charge on any atom is -0.384 e. The Labute approximate surface area is 92.4 Å². The third-order valence-electron chi connectivity index (χ3n) is 2.49. The largest absolute Gasteiger partial charge is 0.384 e. The van der Waals surface area contributed by atoms with Crippen LogP contribution in [0.25, 0.3) is 0 Å². The van der Waals surface area contributed by atoms with Gasteiger partial charge in [0.25, 0.3) is 0 Å². The van der Waals surface area contributed by atoms with Gasteiger partial charge in [-0.3, -0.25) is 10.1 Å². The number of nitrogens with two attached hydrogens (primary N) is 1. The number of hydrogen-bond acceptors (Lipinski definition) is 6. The summed E-state index contributed by atoms with van der Waals surface area (Å²) in [7, 11) is 0. The Morgan fingerprint density at radius 1 is 1.44 bits per heavy atom. The third-order valence-corrected chi connectivity index (χ3v) is 2.49. The summed E-state index contributed by atoms with van der Waals surface area (Å²) in [5, 5.41) is 14.0. The molecule has 1 saturated heterocycles. The number of aromatic nitrogens is 1. The van der Waals surface area contributed by atoms with Crippen molar-refractivity contribution in [3.8, 4) is 0 Å². The molecular weight excluding hydrogens is 210 g/mol. The van der Waals surface area contributed by atoms with Crippen molar-refractivity contribution in [2.75, 3.05) is 36.8 Å². The van der Waals surface area contributed by atoms with E-state index in [-0.39, 0.29) is 5.69 Å². The van der Waals surface area contributed by atoms with Crippen LogP contribution in [0.4, 0.5) is 17.3 Å². The van der Waals surface area contributed by atoms with E-state index in [4.69, 9.17) is 5.73 Å². The van der Waals surface area contributed by atoms with Crippen molar-refractivity contribution in [1.29, 1.82) is 0 Å². The molecule has 0 radical (unpaired) electrons. The van der Waals surface area contributed by atoms with Crippen molar-refractivity contribution in [2.45, 2.75) is 0 Å². The zero-order chi connectivity index (χ0) is 11.5. The molecule has 0 aromatic carbocycles. The first kappa shape index (κ1) is 10.6. The maximum Gasteiger partial charge on any atom is 0.311 e. The molecule has 2 heterocycles. The highest BCUT2D eigenvalue weighted by Gasteiger charge is 2.22. The molecule has 16 heavy (non-hydrogen) atoms. The quantitative estimate of drug-likeness (QED) is 0.540. The van der Waals surface area contributed by atoms with E-state index in [2.05, 4.69) is 10.3 Å². The first-order valence-electron chi connectivity index (χ1n) is 5.05. The van der Waals surface area contributed by atoms with E-state index in [9.17, 15) is 10.1 Å². The molecule has 1 fully saturated rings. The number of anilines is 2. The fourth-order valence-corrected chi connectivity index (χ4v) is 1.71. The topological polar surface area (TPSA) is 97.3 Å². The summed E-state index contributed by atoms with van der Waals surface area (Å²) >= 11 is 0. The van der Waals surface area contributed by atoms with E-state index < -0.39 is 4.92 Å². The van der Waals surface area contributed by atoms with E-state index in [1.54, 1.807) is 0 Å². The lowest BCUT2D eigenvalue weighted by Gasteiger charge is -2.27. The van der Waals surface area contributed by atoms with Crippen molar-refractivity contribution in [2.24, 2.45) is 0 Å². The van der Waals surface area contributed by atoms with Crippen LogP contribution >= 0.6 is 0 Å². The maximum atomic E-state index is 10.9. The molecule has 0 saturated carbocycles. The minimum absolute atomic E-state index is 0.0103. The standard InChI is InChI=1S/C9H13N5O2/c10-8-2-1-7(14(15)16)9(12-8)13-5-3-11-4-6-13/h1-2,11H,3-6H2,(H2,10,12). The lowest BCUT2D eigenvalue weighted by molar-refractivity contribution is -0.384. The van der Waals surface area contributed by atoms with Crippen molar-refractivity contribution < 1.29 is 4.92 Å². The molecule has 1 aliphatic heterocycles. The van der Waals surface area contributed by atoms with Gasteiger partial charge in [0.2, 0.25) is 5.82 Å². The van der Waals surface area contributed by atoms with Crippen LogP contribution in [0, 0.1) is 10.1 Å². The second-order valence-electron chi connectivity index (χ2n) is 3.57. The zero-order valence-corrected chi connectivity index (χ0v) is 8.72. The Morgan fingerprint density at radius 3 is 2.75 bits per heavy atom. The third kappa shape index (κ3) is 2.03. The summed E-state index contributed by atoms with van der Waals surface area (Å²) in [5.74, 6) is 0.672. The van der Waals surface area contributed by atoms with Gasteiger partial charge in [-0.25, -0.2) is 4.98 Å². The molecule has 86 valence electrons. The molecule has 0 atom stereocenters. The average Bonchev–Trinajstić information content (AvgIpc) is 2.29. The van der Waals surface area contributed by atoms with Gasteiger partial charge >= 0.3 is 5.69 Å². The van der Waals surface area contributed by atoms with E-state index in [1.807, 2.05) is 4.90 Å². The molecule has 1 aromatic heterocycles. The summed E-state index contributed by atoms with van der Waals surface area (Å²) in [4.78, 5) is 16.4. The predicted molar refractivity (Wildman–Crippen MR) is 60.4 cm³/mol. The summed E-state index contributed by atoms with van der Waals surface area (Å²) in [5.41, 5.74) is 5.57. The SMILES string of the molecule is Nc1ccc([N+](=O)[O-])c(N2CCNCC2)n1. The number of nitrogens with one attached hydrogen (secondary N) is 1. The van der Waals surface area contributed by atoms with Crippen LogP contribution in [-0.4, -0.2) is 36.1 Å². The van der Waals surface area contributed by atoms with E-state index in [1.165, 1.54) is 12.1 Å². The molecule has 0 bridgehead atoms. The molecule has 0 spiro atoms. The number of piperazine rings is 1. The van der Waals surface area contributed by atoms with E-state index in [0.717, 1.165) is 13.1 Å². The van der Waals surface area contributed by atoms with Gasteiger partial charge in [-0.05, 0) is 6.07 Å². The molecule has 0 amide bonds. The lowest BCUT2D eigenvalue weighted by Crippen LogP contribution is -2.44. The number of rotatable bonds is 2. The van der Waals surface area contributed by atoms with Gasteiger partial charge in [0, 0.05) is 32.2 Å². The molecule has 1 aromatic rings. The number of nitro groups is 1. The highest BCUT2D eigenvalue weighted by molar-refractivity contribution is 5.61. The first-order chi connectivity index (χ1) is 7.68. The molecule has 7 nitrogen and oxygen atoms in total. The van der Waals surface area contributed by atoms with Crippen LogP contribution in [0.5, 0.6) is 0 Å². The van der Waals surface area contributed by atoms with Crippen LogP contribution in [0.3, 0.4) is 0 Å². The van der Waals surface area contributed by atoms with Crippen molar-refractivity contribution >= 4 is 17.3 Å². The number of hydrogen-bond donors (Lipinski definition) is 2. The van der Waals surface area contributed by atoms with E-state index in [0.29, 0.717) is 24.7 Å². The Hall–Kier alpha value is -1.89. The zero-order valence-electron chi connectivity index (χ0n) is 8.72. The highest BCUT2D eigenvalue weighted by Crippen LogP contribution is 2.26. The predicted octanol–water partition coefficient (Wildman–Crippen LogP) is -0.0184. The summed E-state index contributed by atoms with van der Waals surface area (Å²) < 4.78 is 0.